The zero-order chi connectivity index (χ0) is 17.6. The standard InChI is InChI=1S/C16H11Br2F2N5/c17-9-3-1-2-8(6-9)12-7-13(25-16(21-12)22-23-24-25)14-11(19)5-4-10(18)15(14)20/h1-6,12-13H,7H2,(H,21,22,24)/t12-,13+/m0/s1. The molecule has 4 rings (SSSR count). The van der Waals surface area contributed by atoms with E-state index in [0.29, 0.717) is 12.4 Å². The lowest BCUT2D eigenvalue weighted by Gasteiger charge is -2.31. The van der Waals surface area contributed by atoms with Crippen LogP contribution in [-0.4, -0.2) is 20.2 Å². The monoisotopic (exact) mass is 469 g/mol. The van der Waals surface area contributed by atoms with Crippen molar-refractivity contribution in [2.75, 3.05) is 5.32 Å². The normalized spacial score (nSPS) is 19.4. The quantitative estimate of drug-likeness (QED) is 0.555. The van der Waals surface area contributed by atoms with Crippen molar-refractivity contribution in [3.8, 4) is 0 Å². The number of halogens is 4. The molecule has 3 aromatic rings. The van der Waals surface area contributed by atoms with E-state index in [0.717, 1.165) is 10.0 Å². The zero-order valence-corrected chi connectivity index (χ0v) is 15.8. The largest absolute Gasteiger partial charge is 0.346 e. The first-order valence-corrected chi connectivity index (χ1v) is 9.06. The Hall–Kier alpha value is -1.87. The maximum Gasteiger partial charge on any atom is 0.244 e. The second-order valence-corrected chi connectivity index (χ2v) is 7.48. The minimum atomic E-state index is -0.660. The second kappa shape index (κ2) is 6.45. The van der Waals surface area contributed by atoms with Gasteiger partial charge < -0.3 is 5.32 Å². The lowest BCUT2D eigenvalue weighted by Crippen LogP contribution is -2.29. The Labute approximate surface area is 158 Å². The Bertz CT molecular complexity index is 946. The number of hydrogen-bond donors (Lipinski definition) is 1. The number of nitrogens with zero attached hydrogens (tertiary/aromatic N) is 4. The molecule has 0 spiro atoms. The average molecular weight is 471 g/mol. The van der Waals surface area contributed by atoms with E-state index >= 15 is 0 Å². The minimum Gasteiger partial charge on any atom is -0.346 e. The maximum atomic E-state index is 14.6. The lowest BCUT2D eigenvalue weighted by molar-refractivity contribution is 0.392. The molecule has 0 fully saturated rings. The summed E-state index contributed by atoms with van der Waals surface area (Å²) in [6.07, 6.45) is 0.402. The van der Waals surface area contributed by atoms with Crippen molar-refractivity contribution in [2.45, 2.75) is 18.5 Å². The van der Waals surface area contributed by atoms with Gasteiger partial charge in [-0.1, -0.05) is 33.2 Å². The number of rotatable bonds is 2. The molecule has 1 aromatic heterocycles. The summed E-state index contributed by atoms with van der Waals surface area (Å²) >= 11 is 6.57. The second-order valence-electron chi connectivity index (χ2n) is 5.71. The molecule has 2 heterocycles. The molecule has 1 aliphatic heterocycles. The molecule has 0 aliphatic carbocycles. The zero-order valence-electron chi connectivity index (χ0n) is 12.6. The van der Waals surface area contributed by atoms with Gasteiger partial charge in [-0.2, -0.15) is 0 Å². The van der Waals surface area contributed by atoms with E-state index in [1.165, 1.54) is 16.8 Å². The van der Waals surface area contributed by atoms with Gasteiger partial charge in [-0.25, -0.2) is 13.5 Å². The smallest absolute Gasteiger partial charge is 0.244 e. The summed E-state index contributed by atoms with van der Waals surface area (Å²) in [6.45, 7) is 0. The van der Waals surface area contributed by atoms with E-state index in [4.69, 9.17) is 0 Å². The summed E-state index contributed by atoms with van der Waals surface area (Å²) in [4.78, 5) is 0. The summed E-state index contributed by atoms with van der Waals surface area (Å²) in [7, 11) is 0. The van der Waals surface area contributed by atoms with Crippen LogP contribution in [0.2, 0.25) is 0 Å². The fraction of sp³-hybridized carbons (Fsp3) is 0.188. The van der Waals surface area contributed by atoms with Crippen molar-refractivity contribution in [1.82, 2.24) is 20.2 Å². The number of nitrogens with one attached hydrogen (secondary N) is 1. The SMILES string of the molecule is Fc1ccc(Br)c(F)c1[C@H]1C[C@@H](c2cccc(Br)c2)Nc2nnnn21. The van der Waals surface area contributed by atoms with Crippen LogP contribution in [-0.2, 0) is 0 Å². The predicted molar refractivity (Wildman–Crippen MR) is 95.1 cm³/mol. The van der Waals surface area contributed by atoms with E-state index in [1.54, 1.807) is 0 Å². The molecule has 1 N–H and O–H groups in total. The Morgan fingerprint density at radius 3 is 2.80 bits per heavy atom. The molecule has 0 bridgehead atoms. The molecule has 5 nitrogen and oxygen atoms in total. The molecule has 2 aromatic carbocycles. The Balaban J connectivity index is 1.82. The third-order valence-corrected chi connectivity index (χ3v) is 5.32. The summed E-state index contributed by atoms with van der Waals surface area (Å²) in [5.41, 5.74) is 0.925. The fourth-order valence-corrected chi connectivity index (χ4v) is 3.83. The van der Waals surface area contributed by atoms with Gasteiger partial charge in [-0.15, -0.1) is 0 Å². The molecule has 0 saturated carbocycles. The number of aromatic nitrogens is 4. The number of benzene rings is 2. The van der Waals surface area contributed by atoms with Crippen LogP contribution in [0.25, 0.3) is 0 Å². The first kappa shape index (κ1) is 16.6. The van der Waals surface area contributed by atoms with E-state index in [2.05, 4.69) is 52.7 Å². The maximum absolute atomic E-state index is 14.6. The molecule has 0 unspecified atom stereocenters. The van der Waals surface area contributed by atoms with Gasteiger partial charge in [0, 0.05) is 10.0 Å². The molecule has 9 heteroatoms. The highest BCUT2D eigenvalue weighted by molar-refractivity contribution is 9.10. The van der Waals surface area contributed by atoms with Crippen LogP contribution in [0.1, 0.15) is 29.6 Å². The Morgan fingerprint density at radius 1 is 1.16 bits per heavy atom. The van der Waals surface area contributed by atoms with Crippen molar-refractivity contribution < 1.29 is 8.78 Å². The van der Waals surface area contributed by atoms with E-state index in [1.807, 2.05) is 24.3 Å². The van der Waals surface area contributed by atoms with Gasteiger partial charge in [0.25, 0.3) is 0 Å². The fourth-order valence-electron chi connectivity index (χ4n) is 3.07. The summed E-state index contributed by atoms with van der Waals surface area (Å²) in [6, 6.07) is 9.49. The van der Waals surface area contributed by atoms with Crippen LogP contribution >= 0.6 is 31.9 Å². The minimum absolute atomic E-state index is 0.0515. The third-order valence-electron chi connectivity index (χ3n) is 4.21. The van der Waals surface area contributed by atoms with E-state index in [9.17, 15) is 8.78 Å². The van der Waals surface area contributed by atoms with Gasteiger partial charge in [0.1, 0.15) is 11.6 Å². The third kappa shape index (κ3) is 2.95. The van der Waals surface area contributed by atoms with Gasteiger partial charge in [-0.05, 0) is 62.6 Å². The highest BCUT2D eigenvalue weighted by atomic mass is 79.9. The van der Waals surface area contributed by atoms with Crippen molar-refractivity contribution in [3.05, 3.63) is 68.1 Å². The van der Waals surface area contributed by atoms with Gasteiger partial charge in [0.05, 0.1) is 16.6 Å². The molecular weight excluding hydrogens is 460 g/mol. The molecular formula is C16H11Br2F2N5. The van der Waals surface area contributed by atoms with Crippen molar-refractivity contribution in [2.24, 2.45) is 0 Å². The van der Waals surface area contributed by atoms with Crippen LogP contribution in [0.15, 0.2) is 45.3 Å². The van der Waals surface area contributed by atoms with Crippen LogP contribution < -0.4 is 5.32 Å². The van der Waals surface area contributed by atoms with Gasteiger partial charge >= 0.3 is 0 Å². The highest BCUT2D eigenvalue weighted by Gasteiger charge is 2.34. The highest BCUT2D eigenvalue weighted by Crippen LogP contribution is 2.40. The van der Waals surface area contributed by atoms with Gasteiger partial charge in [0.15, 0.2) is 0 Å². The molecule has 0 saturated heterocycles. The average Bonchev–Trinajstić information content (AvgIpc) is 3.07. The number of hydrogen-bond acceptors (Lipinski definition) is 4. The number of tetrazole rings is 1. The summed E-state index contributed by atoms with van der Waals surface area (Å²) < 4.78 is 31.6. The molecule has 0 radical (unpaired) electrons. The topological polar surface area (TPSA) is 55.6 Å². The predicted octanol–water partition coefficient (Wildman–Crippen LogP) is 4.62. The molecule has 2 atom stereocenters. The van der Waals surface area contributed by atoms with E-state index < -0.39 is 17.7 Å². The first-order chi connectivity index (χ1) is 12.0. The van der Waals surface area contributed by atoms with Crippen LogP contribution in [0.3, 0.4) is 0 Å². The Morgan fingerprint density at radius 2 is 2.00 bits per heavy atom. The molecule has 128 valence electrons. The van der Waals surface area contributed by atoms with Gasteiger partial charge in [0.2, 0.25) is 5.95 Å². The van der Waals surface area contributed by atoms with E-state index in [-0.39, 0.29) is 16.1 Å². The van der Waals surface area contributed by atoms with Crippen LogP contribution in [0, 0.1) is 11.6 Å². The summed E-state index contributed by atoms with van der Waals surface area (Å²) in [5, 5.41) is 14.7. The number of fused-ring (bicyclic) bond motifs is 1. The van der Waals surface area contributed by atoms with Crippen molar-refractivity contribution in [1.29, 1.82) is 0 Å². The first-order valence-electron chi connectivity index (χ1n) is 7.48. The molecule has 0 amide bonds. The van der Waals surface area contributed by atoms with Crippen molar-refractivity contribution >= 4 is 37.8 Å². The molecule has 1 aliphatic rings. The van der Waals surface area contributed by atoms with Crippen LogP contribution in [0.4, 0.5) is 14.7 Å². The number of anilines is 1. The van der Waals surface area contributed by atoms with Crippen LogP contribution in [0.5, 0.6) is 0 Å². The van der Waals surface area contributed by atoms with Crippen molar-refractivity contribution in [3.63, 3.8) is 0 Å². The summed E-state index contributed by atoms with van der Waals surface area (Å²) in [5.74, 6) is -0.886. The van der Waals surface area contributed by atoms with Gasteiger partial charge in [-0.3, -0.25) is 0 Å². The molecule has 25 heavy (non-hydrogen) atoms. The lowest BCUT2D eigenvalue weighted by atomic mass is 9.93. The Kier molecular flexibility index (Phi) is 4.28.